The van der Waals surface area contributed by atoms with E-state index in [9.17, 15) is 22.8 Å². The first kappa shape index (κ1) is 22.6. The van der Waals surface area contributed by atoms with Crippen LogP contribution in [0.2, 0.25) is 0 Å². The summed E-state index contributed by atoms with van der Waals surface area (Å²) in [6.45, 7) is 5.05. The van der Waals surface area contributed by atoms with Gasteiger partial charge in [0.25, 0.3) is 5.91 Å². The Morgan fingerprint density at radius 3 is 2.22 bits per heavy atom. The maximum Gasteiger partial charge on any atom is 0.338 e. The van der Waals surface area contributed by atoms with Gasteiger partial charge in [-0.3, -0.25) is 9.59 Å². The monoisotopic (exact) mass is 399 g/mol. The van der Waals surface area contributed by atoms with Crippen molar-refractivity contribution in [3.8, 4) is 0 Å². The molecule has 0 unspecified atom stereocenters. The first-order valence-corrected chi connectivity index (χ1v) is 10.0. The van der Waals surface area contributed by atoms with E-state index in [0.717, 1.165) is 0 Å². The number of esters is 1. The third-order valence-electron chi connectivity index (χ3n) is 3.52. The second-order valence-electron chi connectivity index (χ2n) is 5.76. The van der Waals surface area contributed by atoms with E-state index in [2.05, 4.69) is 15.4 Å². The Balaban J connectivity index is 2.57. The molecule has 9 nitrogen and oxygen atoms in total. The number of hydrogen-bond acceptors (Lipinski definition) is 6. The normalized spacial score (nSPS) is 12.1. The number of carbonyl (C=O) groups excluding carboxylic acids is 3. The zero-order chi connectivity index (χ0) is 20.4. The highest BCUT2D eigenvalue weighted by Crippen LogP contribution is 2.12. The minimum Gasteiger partial charge on any atom is -0.452 e. The predicted molar refractivity (Wildman–Crippen MR) is 98.5 cm³/mol. The predicted octanol–water partition coefficient (Wildman–Crippen LogP) is 0.173. The van der Waals surface area contributed by atoms with Crippen LogP contribution in [0.15, 0.2) is 29.2 Å². The number of hydrogen-bond donors (Lipinski definition) is 3. The maximum absolute atomic E-state index is 12.2. The second kappa shape index (κ2) is 10.6. The summed E-state index contributed by atoms with van der Waals surface area (Å²) in [6.07, 6.45) is 0.645. The van der Waals surface area contributed by atoms with Gasteiger partial charge >= 0.3 is 5.97 Å². The molecule has 1 atom stereocenters. The molecule has 0 radical (unpaired) electrons. The number of sulfonamides is 1. The first-order chi connectivity index (χ1) is 12.7. The van der Waals surface area contributed by atoms with Gasteiger partial charge in [0.05, 0.1) is 17.0 Å². The highest BCUT2D eigenvalue weighted by atomic mass is 32.2. The molecule has 1 rings (SSSR count). The molecule has 3 N–H and O–H groups in total. The number of nitrogens with one attached hydrogen (secondary N) is 3. The van der Waals surface area contributed by atoms with Crippen molar-refractivity contribution < 1.29 is 27.5 Å². The Morgan fingerprint density at radius 2 is 1.67 bits per heavy atom. The summed E-state index contributed by atoms with van der Waals surface area (Å²) in [7, 11) is -3.66. The Labute approximate surface area is 158 Å². The number of likely N-dealkylation sites (N-methyl/N-ethyl adjacent to an activating group) is 1. The van der Waals surface area contributed by atoms with E-state index in [1.54, 1.807) is 13.8 Å². The SMILES string of the molecule is CCNC(=O)CNC(=O)COC(=O)c1ccc(S(=O)(=O)N[C@@H](C)CC)cc1. The summed E-state index contributed by atoms with van der Waals surface area (Å²) in [6, 6.07) is 4.98. The van der Waals surface area contributed by atoms with Crippen LogP contribution in [0.4, 0.5) is 0 Å². The van der Waals surface area contributed by atoms with E-state index in [1.807, 2.05) is 6.92 Å². The van der Waals surface area contributed by atoms with Gasteiger partial charge < -0.3 is 15.4 Å². The van der Waals surface area contributed by atoms with Gasteiger partial charge in [0.1, 0.15) is 0 Å². The lowest BCUT2D eigenvalue weighted by molar-refractivity contribution is -0.127. The number of carbonyl (C=O) groups is 3. The topological polar surface area (TPSA) is 131 Å². The summed E-state index contributed by atoms with van der Waals surface area (Å²) in [5.41, 5.74) is 0.106. The lowest BCUT2D eigenvalue weighted by Gasteiger charge is -2.12. The van der Waals surface area contributed by atoms with Gasteiger partial charge in [0, 0.05) is 12.6 Å². The van der Waals surface area contributed by atoms with E-state index in [-0.39, 0.29) is 29.0 Å². The van der Waals surface area contributed by atoms with Crippen molar-refractivity contribution in [1.29, 1.82) is 0 Å². The first-order valence-electron chi connectivity index (χ1n) is 8.52. The summed E-state index contributed by atoms with van der Waals surface area (Å²) in [5.74, 6) is -1.74. The molecule has 0 fully saturated rings. The molecule has 0 aliphatic heterocycles. The minimum absolute atomic E-state index is 0.0269. The van der Waals surface area contributed by atoms with Crippen LogP contribution in [0.3, 0.4) is 0 Å². The molecule has 1 aromatic carbocycles. The second-order valence-corrected chi connectivity index (χ2v) is 7.48. The third-order valence-corrected chi connectivity index (χ3v) is 5.13. The van der Waals surface area contributed by atoms with E-state index >= 15 is 0 Å². The summed E-state index contributed by atoms with van der Waals surface area (Å²) in [5, 5.41) is 4.82. The van der Waals surface area contributed by atoms with Crippen LogP contribution in [0.25, 0.3) is 0 Å². The average Bonchev–Trinajstić information content (AvgIpc) is 2.64. The Bertz CT molecular complexity index is 761. The van der Waals surface area contributed by atoms with Gasteiger partial charge in [0.15, 0.2) is 6.61 Å². The highest BCUT2D eigenvalue weighted by Gasteiger charge is 2.18. The van der Waals surface area contributed by atoms with Crippen molar-refractivity contribution in [2.45, 2.75) is 38.1 Å². The number of amides is 2. The molecule has 2 amide bonds. The lowest BCUT2D eigenvalue weighted by Crippen LogP contribution is -2.38. The lowest BCUT2D eigenvalue weighted by atomic mass is 10.2. The zero-order valence-electron chi connectivity index (χ0n) is 15.6. The molecular weight excluding hydrogens is 374 g/mol. The van der Waals surface area contributed by atoms with E-state index in [1.165, 1.54) is 24.3 Å². The molecule has 0 aliphatic carbocycles. The molecule has 0 aromatic heterocycles. The van der Waals surface area contributed by atoms with Crippen LogP contribution in [0.1, 0.15) is 37.6 Å². The highest BCUT2D eigenvalue weighted by molar-refractivity contribution is 7.89. The van der Waals surface area contributed by atoms with Crippen LogP contribution in [0.5, 0.6) is 0 Å². The summed E-state index contributed by atoms with van der Waals surface area (Å²) < 4.78 is 31.7. The quantitative estimate of drug-likeness (QED) is 0.481. The van der Waals surface area contributed by atoms with Crippen LogP contribution < -0.4 is 15.4 Å². The van der Waals surface area contributed by atoms with Crippen molar-refractivity contribution >= 4 is 27.8 Å². The van der Waals surface area contributed by atoms with E-state index < -0.39 is 28.5 Å². The fraction of sp³-hybridized carbons (Fsp3) is 0.471. The van der Waals surface area contributed by atoms with Crippen LogP contribution in [-0.4, -0.2) is 51.9 Å². The molecule has 1 aromatic rings. The average molecular weight is 399 g/mol. The van der Waals surface area contributed by atoms with Crippen molar-refractivity contribution in [1.82, 2.24) is 15.4 Å². The summed E-state index contributed by atoms with van der Waals surface area (Å²) >= 11 is 0. The van der Waals surface area contributed by atoms with Crippen LogP contribution in [-0.2, 0) is 24.3 Å². The number of ether oxygens (including phenoxy) is 1. The van der Waals surface area contributed by atoms with Gasteiger partial charge in [-0.15, -0.1) is 0 Å². The molecule has 0 heterocycles. The van der Waals surface area contributed by atoms with Gasteiger partial charge in [-0.2, -0.15) is 0 Å². The van der Waals surface area contributed by atoms with Gasteiger partial charge in [0.2, 0.25) is 15.9 Å². The van der Waals surface area contributed by atoms with E-state index in [4.69, 9.17) is 4.74 Å². The number of rotatable bonds is 10. The fourth-order valence-electron chi connectivity index (χ4n) is 1.89. The zero-order valence-corrected chi connectivity index (χ0v) is 16.4. The minimum atomic E-state index is -3.66. The smallest absolute Gasteiger partial charge is 0.338 e. The molecule has 27 heavy (non-hydrogen) atoms. The molecule has 0 aliphatic rings. The van der Waals surface area contributed by atoms with Crippen LogP contribution in [0, 0.1) is 0 Å². The Hall–Kier alpha value is -2.46. The molecule has 0 spiro atoms. The van der Waals surface area contributed by atoms with Crippen molar-refractivity contribution in [2.24, 2.45) is 0 Å². The summed E-state index contributed by atoms with van der Waals surface area (Å²) in [4.78, 5) is 34.7. The van der Waals surface area contributed by atoms with Crippen molar-refractivity contribution in [2.75, 3.05) is 19.7 Å². The van der Waals surface area contributed by atoms with Gasteiger partial charge in [-0.1, -0.05) is 6.92 Å². The molecule has 150 valence electrons. The number of benzene rings is 1. The van der Waals surface area contributed by atoms with Crippen molar-refractivity contribution in [3.63, 3.8) is 0 Å². The standard InChI is InChI=1S/C17H25N3O6S/c1-4-12(3)20-27(24,25)14-8-6-13(7-9-14)17(23)26-11-16(22)19-10-15(21)18-5-2/h6-9,12,20H,4-5,10-11H2,1-3H3,(H,18,21)(H,19,22)/t12-/m0/s1. The van der Waals surface area contributed by atoms with E-state index in [0.29, 0.717) is 13.0 Å². The van der Waals surface area contributed by atoms with Crippen LogP contribution >= 0.6 is 0 Å². The molecule has 10 heteroatoms. The molecular formula is C17H25N3O6S. The van der Waals surface area contributed by atoms with Crippen molar-refractivity contribution in [3.05, 3.63) is 29.8 Å². The molecule has 0 bridgehead atoms. The third kappa shape index (κ3) is 7.75. The fourth-order valence-corrected chi connectivity index (χ4v) is 3.22. The maximum atomic E-state index is 12.2. The molecule has 0 saturated carbocycles. The Kier molecular flexibility index (Phi) is 8.89. The van der Waals surface area contributed by atoms with Gasteiger partial charge in [-0.25, -0.2) is 17.9 Å². The van der Waals surface area contributed by atoms with Gasteiger partial charge in [-0.05, 0) is 44.5 Å². The largest absolute Gasteiger partial charge is 0.452 e. The Morgan fingerprint density at radius 1 is 1.04 bits per heavy atom. The molecule has 0 saturated heterocycles.